The summed E-state index contributed by atoms with van der Waals surface area (Å²) in [6.07, 6.45) is 4.28. The first kappa shape index (κ1) is 11.7. The van der Waals surface area contributed by atoms with E-state index in [9.17, 15) is 5.11 Å². The third-order valence-electron chi connectivity index (χ3n) is 4.12. The van der Waals surface area contributed by atoms with Crippen LogP contribution in [0.3, 0.4) is 0 Å². The summed E-state index contributed by atoms with van der Waals surface area (Å²) >= 11 is 0. The summed E-state index contributed by atoms with van der Waals surface area (Å²) in [6.45, 7) is 1.54. The van der Waals surface area contributed by atoms with Crippen LogP contribution < -0.4 is 4.90 Å². The molecule has 1 saturated heterocycles. The largest absolute Gasteiger partial charge is 0.391 e. The molecule has 102 valence electrons. The highest BCUT2D eigenvalue weighted by Gasteiger charge is 2.22. The van der Waals surface area contributed by atoms with Gasteiger partial charge in [0.25, 0.3) is 0 Å². The predicted molar refractivity (Wildman–Crippen MR) is 78.9 cm³/mol. The van der Waals surface area contributed by atoms with Crippen LogP contribution in [-0.2, 0) is 7.05 Å². The molecule has 1 atom stereocenters. The fourth-order valence-corrected chi connectivity index (χ4v) is 3.03. The maximum atomic E-state index is 9.66. The molecule has 0 aliphatic carbocycles. The van der Waals surface area contributed by atoms with E-state index in [4.69, 9.17) is 4.98 Å². The summed E-state index contributed by atoms with van der Waals surface area (Å²) in [5, 5.41) is 11.9. The average Bonchev–Trinajstić information content (AvgIpc) is 3.03. The van der Waals surface area contributed by atoms with E-state index in [1.165, 1.54) is 0 Å². The van der Waals surface area contributed by atoms with Crippen molar-refractivity contribution in [3.63, 3.8) is 0 Å². The van der Waals surface area contributed by atoms with E-state index in [0.717, 1.165) is 40.7 Å². The molecule has 5 heteroatoms. The number of anilines is 1. The first-order chi connectivity index (χ1) is 9.74. The van der Waals surface area contributed by atoms with Gasteiger partial charge in [-0.05, 0) is 24.6 Å². The Kier molecular flexibility index (Phi) is 2.44. The molecule has 1 aliphatic heterocycles. The lowest BCUT2D eigenvalue weighted by molar-refractivity contribution is 0.198. The van der Waals surface area contributed by atoms with Gasteiger partial charge in [0.15, 0.2) is 0 Å². The van der Waals surface area contributed by atoms with Crippen LogP contribution in [0.1, 0.15) is 6.42 Å². The number of hydrogen-bond donors (Lipinski definition) is 1. The Bertz CT molecular complexity index is 795. The molecule has 0 saturated carbocycles. The average molecular weight is 268 g/mol. The molecule has 4 heterocycles. The van der Waals surface area contributed by atoms with E-state index < -0.39 is 0 Å². The van der Waals surface area contributed by atoms with E-state index in [1.807, 2.05) is 25.4 Å². The number of fused-ring (bicyclic) bond motifs is 3. The van der Waals surface area contributed by atoms with E-state index in [2.05, 4.69) is 20.5 Å². The zero-order valence-corrected chi connectivity index (χ0v) is 11.3. The number of aryl methyl sites for hydroxylation is 1. The molecule has 1 N–H and O–H groups in total. The van der Waals surface area contributed by atoms with E-state index in [-0.39, 0.29) is 6.10 Å². The highest BCUT2D eigenvalue weighted by atomic mass is 16.3. The molecule has 1 fully saturated rings. The molecule has 4 rings (SSSR count). The number of aliphatic hydroxyl groups is 1. The van der Waals surface area contributed by atoms with Gasteiger partial charge in [0, 0.05) is 43.3 Å². The van der Waals surface area contributed by atoms with Crippen LogP contribution in [0.15, 0.2) is 30.6 Å². The maximum Gasteiger partial charge on any atom is 0.143 e. The van der Waals surface area contributed by atoms with Crippen LogP contribution in [0.5, 0.6) is 0 Å². The van der Waals surface area contributed by atoms with Crippen molar-refractivity contribution < 1.29 is 5.11 Å². The maximum absolute atomic E-state index is 9.66. The Morgan fingerprint density at radius 1 is 1.25 bits per heavy atom. The Morgan fingerprint density at radius 2 is 2.15 bits per heavy atom. The highest BCUT2D eigenvalue weighted by Crippen LogP contribution is 2.28. The normalized spacial score (nSPS) is 19.3. The summed E-state index contributed by atoms with van der Waals surface area (Å²) in [6, 6.07) is 6.15. The van der Waals surface area contributed by atoms with Crippen molar-refractivity contribution in [1.82, 2.24) is 14.5 Å². The van der Waals surface area contributed by atoms with Crippen molar-refractivity contribution in [2.45, 2.75) is 12.5 Å². The van der Waals surface area contributed by atoms with Crippen LogP contribution in [0.4, 0.5) is 5.82 Å². The standard InChI is InChI=1S/C15H16N4O/c1-18-13-4-6-16-8-12(13)11-2-3-14(17-15(11)18)19-7-5-10(20)9-19/h2-4,6,8,10,20H,5,7,9H2,1H3. The lowest BCUT2D eigenvalue weighted by Crippen LogP contribution is -2.22. The fourth-order valence-electron chi connectivity index (χ4n) is 3.03. The molecule has 0 aromatic carbocycles. The van der Waals surface area contributed by atoms with Crippen LogP contribution in [0.25, 0.3) is 21.9 Å². The van der Waals surface area contributed by atoms with Crippen molar-refractivity contribution >= 4 is 27.8 Å². The zero-order chi connectivity index (χ0) is 13.7. The van der Waals surface area contributed by atoms with Crippen molar-refractivity contribution in [2.75, 3.05) is 18.0 Å². The molecule has 3 aromatic rings. The Hall–Kier alpha value is -2.14. The number of nitrogens with zero attached hydrogens (tertiary/aromatic N) is 4. The van der Waals surface area contributed by atoms with Gasteiger partial charge in [0.05, 0.1) is 11.6 Å². The summed E-state index contributed by atoms with van der Waals surface area (Å²) in [5.41, 5.74) is 2.10. The van der Waals surface area contributed by atoms with Crippen molar-refractivity contribution in [3.05, 3.63) is 30.6 Å². The number of pyridine rings is 2. The number of aromatic nitrogens is 3. The van der Waals surface area contributed by atoms with Gasteiger partial charge in [0.1, 0.15) is 11.5 Å². The summed E-state index contributed by atoms with van der Waals surface area (Å²) in [4.78, 5) is 11.1. The van der Waals surface area contributed by atoms with Gasteiger partial charge < -0.3 is 14.6 Å². The molecule has 0 radical (unpaired) electrons. The number of aliphatic hydroxyl groups excluding tert-OH is 1. The quantitative estimate of drug-likeness (QED) is 0.729. The first-order valence-electron chi connectivity index (χ1n) is 6.86. The third kappa shape index (κ3) is 1.59. The summed E-state index contributed by atoms with van der Waals surface area (Å²) in [7, 11) is 2.03. The van der Waals surface area contributed by atoms with Crippen LogP contribution in [-0.4, -0.2) is 38.8 Å². The molecule has 0 bridgehead atoms. The zero-order valence-electron chi connectivity index (χ0n) is 11.3. The molecule has 1 aliphatic rings. The van der Waals surface area contributed by atoms with Gasteiger partial charge in [-0.3, -0.25) is 4.98 Å². The minimum absolute atomic E-state index is 0.232. The molecule has 3 aromatic heterocycles. The minimum atomic E-state index is -0.232. The van der Waals surface area contributed by atoms with Gasteiger partial charge in [0.2, 0.25) is 0 Å². The minimum Gasteiger partial charge on any atom is -0.391 e. The second-order valence-electron chi connectivity index (χ2n) is 5.38. The van der Waals surface area contributed by atoms with E-state index in [1.54, 1.807) is 6.20 Å². The molecule has 0 spiro atoms. The van der Waals surface area contributed by atoms with Gasteiger partial charge in [-0.25, -0.2) is 4.98 Å². The van der Waals surface area contributed by atoms with Gasteiger partial charge >= 0.3 is 0 Å². The topological polar surface area (TPSA) is 54.2 Å². The molecule has 1 unspecified atom stereocenters. The fraction of sp³-hybridized carbons (Fsp3) is 0.333. The lowest BCUT2D eigenvalue weighted by atomic mass is 10.2. The SMILES string of the molecule is Cn1c2ccncc2c2ccc(N3CCC(O)C3)nc21. The van der Waals surface area contributed by atoms with Gasteiger partial charge in [-0.2, -0.15) is 0 Å². The van der Waals surface area contributed by atoms with Crippen LogP contribution in [0, 0.1) is 0 Å². The second kappa shape index (κ2) is 4.18. The molecule has 5 nitrogen and oxygen atoms in total. The Morgan fingerprint density at radius 3 is 2.95 bits per heavy atom. The molecule has 0 amide bonds. The smallest absolute Gasteiger partial charge is 0.143 e. The number of rotatable bonds is 1. The summed E-state index contributed by atoms with van der Waals surface area (Å²) < 4.78 is 2.10. The third-order valence-corrected chi connectivity index (χ3v) is 4.12. The summed E-state index contributed by atoms with van der Waals surface area (Å²) in [5.74, 6) is 0.938. The van der Waals surface area contributed by atoms with E-state index >= 15 is 0 Å². The lowest BCUT2D eigenvalue weighted by Gasteiger charge is -2.16. The Balaban J connectivity index is 1.91. The molecular weight excluding hydrogens is 252 g/mol. The predicted octanol–water partition coefficient (Wildman–Crippen LogP) is 1.69. The number of hydrogen-bond acceptors (Lipinski definition) is 4. The first-order valence-corrected chi connectivity index (χ1v) is 6.86. The van der Waals surface area contributed by atoms with Crippen LogP contribution >= 0.6 is 0 Å². The van der Waals surface area contributed by atoms with Gasteiger partial charge in [-0.1, -0.05) is 0 Å². The van der Waals surface area contributed by atoms with Crippen LogP contribution in [0.2, 0.25) is 0 Å². The van der Waals surface area contributed by atoms with Crippen molar-refractivity contribution in [2.24, 2.45) is 7.05 Å². The highest BCUT2D eigenvalue weighted by molar-refractivity contribution is 6.06. The molecule has 20 heavy (non-hydrogen) atoms. The second-order valence-corrected chi connectivity index (χ2v) is 5.38. The Labute approximate surface area is 116 Å². The molecular formula is C15H16N4O. The monoisotopic (exact) mass is 268 g/mol. The number of β-amino-alcohol motifs (C(OH)–C–C–N with tert-alkyl or cyclic N) is 1. The van der Waals surface area contributed by atoms with E-state index in [0.29, 0.717) is 6.54 Å². The van der Waals surface area contributed by atoms with Gasteiger partial charge in [-0.15, -0.1) is 0 Å². The van der Waals surface area contributed by atoms with Crippen molar-refractivity contribution in [1.29, 1.82) is 0 Å². The van der Waals surface area contributed by atoms with Crippen molar-refractivity contribution in [3.8, 4) is 0 Å².